The average molecular weight is 425 g/mol. The summed E-state index contributed by atoms with van der Waals surface area (Å²) in [6.45, 7) is 1.07. The number of aromatic nitrogens is 3. The van der Waals surface area contributed by atoms with Gasteiger partial charge in [-0.3, -0.25) is 4.79 Å². The summed E-state index contributed by atoms with van der Waals surface area (Å²) in [7, 11) is 0. The van der Waals surface area contributed by atoms with Gasteiger partial charge in [-0.1, -0.05) is 42.5 Å². The lowest BCUT2D eigenvalue weighted by Gasteiger charge is -2.36. The van der Waals surface area contributed by atoms with Gasteiger partial charge < -0.3 is 15.8 Å². The van der Waals surface area contributed by atoms with Gasteiger partial charge in [0.2, 0.25) is 11.9 Å². The van der Waals surface area contributed by atoms with Crippen molar-refractivity contribution in [2.45, 2.75) is 18.3 Å². The number of pyridine rings is 1. The van der Waals surface area contributed by atoms with E-state index in [1.54, 1.807) is 12.4 Å². The lowest BCUT2D eigenvalue weighted by atomic mass is 9.73. The molecule has 1 fully saturated rings. The van der Waals surface area contributed by atoms with Crippen LogP contribution in [-0.2, 0) is 14.9 Å². The van der Waals surface area contributed by atoms with Crippen LogP contribution in [0, 0.1) is 0 Å². The molecule has 4 aromatic rings. The molecule has 1 amide bonds. The number of rotatable bonds is 4. The van der Waals surface area contributed by atoms with Crippen molar-refractivity contribution in [2.24, 2.45) is 0 Å². The maximum Gasteiger partial charge on any atom is 0.236 e. The van der Waals surface area contributed by atoms with E-state index in [0.29, 0.717) is 31.9 Å². The molecule has 1 saturated heterocycles. The molecule has 7 heteroatoms. The number of ether oxygens (including phenoxy) is 1. The smallest absolute Gasteiger partial charge is 0.236 e. The van der Waals surface area contributed by atoms with Gasteiger partial charge in [0, 0.05) is 36.6 Å². The Morgan fingerprint density at radius 3 is 2.38 bits per heavy atom. The molecule has 0 unspecified atom stereocenters. The monoisotopic (exact) mass is 425 g/mol. The molecule has 32 heavy (non-hydrogen) atoms. The Morgan fingerprint density at radius 1 is 0.906 bits per heavy atom. The van der Waals surface area contributed by atoms with Crippen LogP contribution in [0.15, 0.2) is 73.1 Å². The highest BCUT2D eigenvalue weighted by Gasteiger charge is 2.42. The van der Waals surface area contributed by atoms with E-state index in [1.807, 2.05) is 60.7 Å². The SMILES string of the molecule is Nc1ncc(-c2ccc(C3(C(=O)Nc4ccc5ccccc5n4)CCOCC3)cc2)cn1. The summed E-state index contributed by atoms with van der Waals surface area (Å²) in [6, 6.07) is 19.7. The maximum atomic E-state index is 13.6. The molecular weight excluding hydrogens is 402 g/mol. The van der Waals surface area contributed by atoms with Crippen LogP contribution >= 0.6 is 0 Å². The fraction of sp³-hybridized carbons (Fsp3) is 0.200. The van der Waals surface area contributed by atoms with Gasteiger partial charge in [-0.2, -0.15) is 0 Å². The minimum absolute atomic E-state index is 0.0628. The van der Waals surface area contributed by atoms with E-state index >= 15 is 0 Å². The van der Waals surface area contributed by atoms with Crippen molar-refractivity contribution in [3.63, 3.8) is 0 Å². The van der Waals surface area contributed by atoms with Crippen LogP contribution in [0.2, 0.25) is 0 Å². The molecule has 0 saturated carbocycles. The number of nitrogen functional groups attached to an aromatic ring is 1. The van der Waals surface area contributed by atoms with Gasteiger partial charge in [0.25, 0.3) is 0 Å². The molecule has 0 bridgehead atoms. The largest absolute Gasteiger partial charge is 0.381 e. The fourth-order valence-corrected chi connectivity index (χ4v) is 4.21. The molecule has 3 heterocycles. The molecule has 0 aliphatic carbocycles. The van der Waals surface area contributed by atoms with Crippen LogP contribution in [0.25, 0.3) is 22.0 Å². The number of para-hydroxylation sites is 1. The molecule has 0 spiro atoms. The Balaban J connectivity index is 1.44. The van der Waals surface area contributed by atoms with Crippen LogP contribution < -0.4 is 11.1 Å². The Labute approximate surface area is 185 Å². The highest BCUT2D eigenvalue weighted by molar-refractivity contribution is 5.99. The lowest BCUT2D eigenvalue weighted by molar-refractivity contribution is -0.125. The first-order valence-electron chi connectivity index (χ1n) is 10.6. The first kappa shape index (κ1) is 20.1. The van der Waals surface area contributed by atoms with Gasteiger partial charge in [0.05, 0.1) is 10.9 Å². The fourth-order valence-electron chi connectivity index (χ4n) is 4.21. The van der Waals surface area contributed by atoms with Crippen molar-refractivity contribution in [1.82, 2.24) is 15.0 Å². The third-order valence-corrected chi connectivity index (χ3v) is 6.06. The number of amides is 1. The molecule has 1 aliphatic heterocycles. The minimum atomic E-state index is -0.679. The highest BCUT2D eigenvalue weighted by atomic mass is 16.5. The van der Waals surface area contributed by atoms with E-state index in [-0.39, 0.29) is 11.9 Å². The van der Waals surface area contributed by atoms with Crippen LogP contribution in [0.1, 0.15) is 18.4 Å². The third kappa shape index (κ3) is 3.78. The molecule has 0 radical (unpaired) electrons. The van der Waals surface area contributed by atoms with Crippen LogP contribution in [0.3, 0.4) is 0 Å². The molecule has 2 aromatic carbocycles. The lowest BCUT2D eigenvalue weighted by Crippen LogP contribution is -2.45. The first-order valence-corrected chi connectivity index (χ1v) is 10.6. The van der Waals surface area contributed by atoms with Crippen molar-refractivity contribution < 1.29 is 9.53 Å². The predicted molar refractivity (Wildman–Crippen MR) is 124 cm³/mol. The van der Waals surface area contributed by atoms with Crippen LogP contribution in [0.4, 0.5) is 11.8 Å². The quantitative estimate of drug-likeness (QED) is 0.513. The van der Waals surface area contributed by atoms with E-state index in [9.17, 15) is 4.79 Å². The molecule has 160 valence electrons. The summed E-state index contributed by atoms with van der Waals surface area (Å²) in [5.74, 6) is 0.729. The number of anilines is 2. The second kappa shape index (κ2) is 8.36. The van der Waals surface area contributed by atoms with Crippen LogP contribution in [-0.4, -0.2) is 34.1 Å². The first-order chi connectivity index (χ1) is 15.6. The summed E-state index contributed by atoms with van der Waals surface area (Å²) in [6.07, 6.45) is 4.60. The summed E-state index contributed by atoms with van der Waals surface area (Å²) < 4.78 is 5.58. The van der Waals surface area contributed by atoms with Gasteiger partial charge in [-0.15, -0.1) is 0 Å². The molecule has 0 atom stereocenters. The Bertz CT molecular complexity index is 1250. The molecule has 5 rings (SSSR count). The van der Waals surface area contributed by atoms with Crippen molar-refractivity contribution in [1.29, 1.82) is 0 Å². The number of carbonyl (C=O) groups excluding carboxylic acids is 1. The second-order valence-corrected chi connectivity index (χ2v) is 7.95. The van der Waals surface area contributed by atoms with Gasteiger partial charge in [0.15, 0.2) is 0 Å². The number of nitrogens with one attached hydrogen (secondary N) is 1. The predicted octanol–water partition coefficient (Wildman–Crippen LogP) is 3.96. The normalized spacial score (nSPS) is 15.4. The third-order valence-electron chi connectivity index (χ3n) is 6.06. The zero-order valence-corrected chi connectivity index (χ0v) is 17.5. The van der Waals surface area contributed by atoms with Crippen molar-refractivity contribution >= 4 is 28.6 Å². The van der Waals surface area contributed by atoms with Gasteiger partial charge in [-0.05, 0) is 42.2 Å². The Kier molecular flexibility index (Phi) is 5.25. The van der Waals surface area contributed by atoms with Gasteiger partial charge >= 0.3 is 0 Å². The summed E-state index contributed by atoms with van der Waals surface area (Å²) in [4.78, 5) is 26.3. The van der Waals surface area contributed by atoms with E-state index in [0.717, 1.165) is 27.6 Å². The number of nitrogens with zero attached hydrogens (tertiary/aromatic N) is 3. The standard InChI is InChI=1S/C25H23N5O2/c26-24-27-15-19(16-28-24)17-5-8-20(9-6-17)25(11-13-32-14-12-25)23(31)30-22-10-7-18-3-1-2-4-21(18)29-22/h1-10,15-16H,11-14H2,(H2,26,27,28)(H,29,30,31). The number of hydrogen-bond acceptors (Lipinski definition) is 6. The average Bonchev–Trinajstić information content (AvgIpc) is 2.85. The molecule has 2 aromatic heterocycles. The number of carbonyl (C=O) groups is 1. The zero-order valence-electron chi connectivity index (χ0n) is 17.5. The van der Waals surface area contributed by atoms with E-state index in [4.69, 9.17) is 10.5 Å². The number of nitrogens with two attached hydrogens (primary N) is 1. The van der Waals surface area contributed by atoms with E-state index < -0.39 is 5.41 Å². The van der Waals surface area contributed by atoms with Crippen molar-refractivity contribution in [3.05, 3.63) is 78.6 Å². The Morgan fingerprint density at radius 2 is 1.62 bits per heavy atom. The minimum Gasteiger partial charge on any atom is -0.381 e. The number of benzene rings is 2. The number of fused-ring (bicyclic) bond motifs is 1. The summed E-state index contributed by atoms with van der Waals surface area (Å²) in [5, 5.41) is 4.09. The summed E-state index contributed by atoms with van der Waals surface area (Å²) >= 11 is 0. The molecule has 1 aliphatic rings. The van der Waals surface area contributed by atoms with Gasteiger partial charge in [0.1, 0.15) is 5.82 Å². The molecule has 7 nitrogen and oxygen atoms in total. The number of hydrogen-bond donors (Lipinski definition) is 2. The maximum absolute atomic E-state index is 13.6. The second-order valence-electron chi connectivity index (χ2n) is 7.95. The summed E-state index contributed by atoms with van der Waals surface area (Å²) in [5.41, 5.74) is 8.55. The van der Waals surface area contributed by atoms with E-state index in [2.05, 4.69) is 20.3 Å². The van der Waals surface area contributed by atoms with Crippen molar-refractivity contribution in [3.8, 4) is 11.1 Å². The topological polar surface area (TPSA) is 103 Å². The zero-order chi connectivity index (χ0) is 22.0. The van der Waals surface area contributed by atoms with Crippen LogP contribution in [0.5, 0.6) is 0 Å². The highest BCUT2D eigenvalue weighted by Crippen LogP contribution is 2.37. The molecule has 3 N–H and O–H groups in total. The Hall–Kier alpha value is -3.84. The van der Waals surface area contributed by atoms with E-state index in [1.165, 1.54) is 0 Å². The molecular formula is C25H23N5O2. The van der Waals surface area contributed by atoms with Crippen molar-refractivity contribution in [2.75, 3.05) is 24.3 Å². The van der Waals surface area contributed by atoms with Gasteiger partial charge in [-0.25, -0.2) is 15.0 Å².